The highest BCUT2D eigenvalue weighted by molar-refractivity contribution is 5.79. The standard InChI is InChI=1S/C23H29N5O2/c1-5-24-23(25-14-18-10-11-22(30-4)21(29)13-18)26-15-19-8-6-7-9-20(19)28-17(3)12-16(2)27-28/h6-13,29H,5,14-15H2,1-4H3,(H2,24,25,26). The molecule has 3 rings (SSSR count). The van der Waals surface area contributed by atoms with Crippen LogP contribution in [0, 0.1) is 13.8 Å². The van der Waals surface area contributed by atoms with Crippen LogP contribution in [0.15, 0.2) is 53.5 Å². The molecule has 0 saturated carbocycles. The first-order valence-corrected chi connectivity index (χ1v) is 10.0. The fourth-order valence-electron chi connectivity index (χ4n) is 3.26. The molecule has 0 saturated heterocycles. The zero-order chi connectivity index (χ0) is 21.5. The van der Waals surface area contributed by atoms with Gasteiger partial charge in [-0.2, -0.15) is 5.10 Å². The quantitative estimate of drug-likeness (QED) is 0.413. The van der Waals surface area contributed by atoms with Crippen molar-refractivity contribution in [3.05, 3.63) is 71.0 Å². The molecule has 0 aliphatic heterocycles. The Kier molecular flexibility index (Phi) is 6.95. The highest BCUT2D eigenvalue weighted by Gasteiger charge is 2.09. The Morgan fingerprint density at radius 1 is 1.13 bits per heavy atom. The van der Waals surface area contributed by atoms with Gasteiger partial charge in [0.1, 0.15) is 0 Å². The lowest BCUT2D eigenvalue weighted by atomic mass is 10.1. The van der Waals surface area contributed by atoms with Crippen molar-refractivity contribution in [1.82, 2.24) is 20.4 Å². The number of aromatic hydroxyl groups is 1. The molecule has 0 spiro atoms. The first-order chi connectivity index (χ1) is 14.5. The van der Waals surface area contributed by atoms with E-state index in [4.69, 9.17) is 4.74 Å². The molecule has 158 valence electrons. The summed E-state index contributed by atoms with van der Waals surface area (Å²) in [6.07, 6.45) is 0. The lowest BCUT2D eigenvalue weighted by molar-refractivity contribution is 0.373. The third kappa shape index (κ3) is 5.11. The van der Waals surface area contributed by atoms with Gasteiger partial charge in [0.15, 0.2) is 17.5 Å². The molecule has 0 amide bonds. The first kappa shape index (κ1) is 21.2. The Labute approximate surface area is 177 Å². The highest BCUT2D eigenvalue weighted by atomic mass is 16.5. The van der Waals surface area contributed by atoms with Gasteiger partial charge in [0.05, 0.1) is 25.0 Å². The van der Waals surface area contributed by atoms with Crippen LogP contribution in [0.2, 0.25) is 0 Å². The van der Waals surface area contributed by atoms with E-state index in [0.717, 1.165) is 34.7 Å². The number of aromatic nitrogens is 2. The molecule has 2 aromatic carbocycles. The topological polar surface area (TPSA) is 83.7 Å². The summed E-state index contributed by atoms with van der Waals surface area (Å²) in [5.74, 6) is 1.27. The average molecular weight is 408 g/mol. The van der Waals surface area contributed by atoms with Crippen molar-refractivity contribution in [3.63, 3.8) is 0 Å². The van der Waals surface area contributed by atoms with Gasteiger partial charge in [0.25, 0.3) is 0 Å². The van der Waals surface area contributed by atoms with E-state index in [1.807, 2.05) is 36.7 Å². The second kappa shape index (κ2) is 9.82. The maximum absolute atomic E-state index is 9.96. The Morgan fingerprint density at radius 2 is 1.93 bits per heavy atom. The Bertz CT molecular complexity index is 1030. The summed E-state index contributed by atoms with van der Waals surface area (Å²) in [5.41, 5.74) is 5.16. The number of nitrogens with one attached hydrogen (secondary N) is 2. The minimum absolute atomic E-state index is 0.113. The second-order valence-electron chi connectivity index (χ2n) is 7.02. The fraction of sp³-hybridized carbons (Fsp3) is 0.304. The monoisotopic (exact) mass is 407 g/mol. The average Bonchev–Trinajstić information content (AvgIpc) is 3.08. The maximum atomic E-state index is 9.96. The molecule has 0 atom stereocenters. The number of guanidine groups is 1. The number of aryl methyl sites for hydroxylation is 2. The largest absolute Gasteiger partial charge is 0.504 e. The van der Waals surface area contributed by atoms with Crippen molar-refractivity contribution in [2.75, 3.05) is 13.7 Å². The normalized spacial score (nSPS) is 11.4. The van der Waals surface area contributed by atoms with Gasteiger partial charge in [0, 0.05) is 18.8 Å². The number of phenols is 1. The molecule has 0 aliphatic carbocycles. The summed E-state index contributed by atoms with van der Waals surface area (Å²) in [6, 6.07) is 15.6. The summed E-state index contributed by atoms with van der Waals surface area (Å²) in [5, 5.41) is 21.2. The number of hydrogen-bond donors (Lipinski definition) is 3. The van der Waals surface area contributed by atoms with E-state index in [2.05, 4.69) is 45.8 Å². The zero-order valence-corrected chi connectivity index (χ0v) is 17.9. The van der Waals surface area contributed by atoms with Crippen LogP contribution >= 0.6 is 0 Å². The predicted molar refractivity (Wildman–Crippen MR) is 119 cm³/mol. The van der Waals surface area contributed by atoms with Crippen molar-refractivity contribution in [1.29, 1.82) is 0 Å². The van der Waals surface area contributed by atoms with Crippen LogP contribution in [-0.2, 0) is 13.1 Å². The van der Waals surface area contributed by atoms with Crippen LogP contribution in [0.5, 0.6) is 11.5 Å². The molecule has 7 nitrogen and oxygen atoms in total. The number of hydrogen-bond acceptors (Lipinski definition) is 4. The van der Waals surface area contributed by atoms with Crippen LogP contribution < -0.4 is 15.4 Å². The summed E-state index contributed by atoms with van der Waals surface area (Å²) >= 11 is 0. The molecule has 3 N–H and O–H groups in total. The number of para-hydroxylation sites is 1. The van der Waals surface area contributed by atoms with Gasteiger partial charge >= 0.3 is 0 Å². The summed E-state index contributed by atoms with van der Waals surface area (Å²) < 4.78 is 7.06. The summed E-state index contributed by atoms with van der Waals surface area (Å²) in [6.45, 7) is 7.87. The molecular weight excluding hydrogens is 378 g/mol. The van der Waals surface area contributed by atoms with Gasteiger partial charge in [0.2, 0.25) is 0 Å². The number of ether oxygens (including phenoxy) is 1. The molecule has 0 unspecified atom stereocenters. The summed E-state index contributed by atoms with van der Waals surface area (Å²) in [7, 11) is 1.53. The molecule has 3 aromatic rings. The third-order valence-electron chi connectivity index (χ3n) is 4.68. The third-order valence-corrected chi connectivity index (χ3v) is 4.68. The molecular formula is C23H29N5O2. The molecule has 7 heteroatoms. The Morgan fingerprint density at radius 3 is 2.60 bits per heavy atom. The van der Waals surface area contributed by atoms with Crippen molar-refractivity contribution < 1.29 is 9.84 Å². The maximum Gasteiger partial charge on any atom is 0.191 e. The molecule has 30 heavy (non-hydrogen) atoms. The van der Waals surface area contributed by atoms with Crippen molar-refractivity contribution >= 4 is 5.96 Å². The van der Waals surface area contributed by atoms with Crippen LogP contribution in [0.4, 0.5) is 0 Å². The van der Waals surface area contributed by atoms with Gasteiger partial charge in [-0.15, -0.1) is 0 Å². The van der Waals surface area contributed by atoms with Gasteiger partial charge in [-0.1, -0.05) is 24.3 Å². The smallest absolute Gasteiger partial charge is 0.191 e. The highest BCUT2D eigenvalue weighted by Crippen LogP contribution is 2.26. The van der Waals surface area contributed by atoms with E-state index in [-0.39, 0.29) is 5.75 Å². The molecule has 0 radical (unpaired) electrons. The van der Waals surface area contributed by atoms with Gasteiger partial charge < -0.3 is 20.5 Å². The predicted octanol–water partition coefficient (Wildman–Crippen LogP) is 3.46. The molecule has 0 fully saturated rings. The zero-order valence-electron chi connectivity index (χ0n) is 17.9. The van der Waals surface area contributed by atoms with Crippen LogP contribution in [0.25, 0.3) is 5.69 Å². The van der Waals surface area contributed by atoms with E-state index in [1.54, 1.807) is 12.1 Å². The van der Waals surface area contributed by atoms with Gasteiger partial charge in [-0.3, -0.25) is 0 Å². The second-order valence-corrected chi connectivity index (χ2v) is 7.02. The van der Waals surface area contributed by atoms with E-state index in [0.29, 0.717) is 24.8 Å². The van der Waals surface area contributed by atoms with Gasteiger partial charge in [-0.05, 0) is 56.2 Å². The van der Waals surface area contributed by atoms with Crippen molar-refractivity contribution in [2.45, 2.75) is 33.9 Å². The number of phenolic OH excluding ortho intramolecular Hbond substituents is 1. The van der Waals surface area contributed by atoms with E-state index in [1.165, 1.54) is 7.11 Å². The van der Waals surface area contributed by atoms with Crippen LogP contribution in [0.3, 0.4) is 0 Å². The lowest BCUT2D eigenvalue weighted by Crippen LogP contribution is -2.37. The Hall–Kier alpha value is -3.48. The van der Waals surface area contributed by atoms with Crippen molar-refractivity contribution in [2.24, 2.45) is 4.99 Å². The molecule has 0 bridgehead atoms. The SMILES string of the molecule is CCNC(=NCc1ccc(OC)c(O)c1)NCc1ccccc1-n1nc(C)cc1C. The van der Waals surface area contributed by atoms with Crippen LogP contribution in [-0.4, -0.2) is 34.5 Å². The van der Waals surface area contributed by atoms with E-state index >= 15 is 0 Å². The van der Waals surface area contributed by atoms with Gasteiger partial charge in [-0.25, -0.2) is 9.67 Å². The molecule has 0 aliphatic rings. The number of benzene rings is 2. The van der Waals surface area contributed by atoms with E-state index in [9.17, 15) is 5.11 Å². The number of rotatable bonds is 7. The number of nitrogens with zero attached hydrogens (tertiary/aromatic N) is 3. The van der Waals surface area contributed by atoms with E-state index < -0.39 is 0 Å². The molecule has 1 aromatic heterocycles. The van der Waals surface area contributed by atoms with Crippen LogP contribution in [0.1, 0.15) is 29.4 Å². The summed E-state index contributed by atoms with van der Waals surface area (Å²) in [4.78, 5) is 4.64. The number of aliphatic imine (C=N–C) groups is 1. The minimum atomic E-state index is 0.113. The minimum Gasteiger partial charge on any atom is -0.504 e. The first-order valence-electron chi connectivity index (χ1n) is 10.0. The Balaban J connectivity index is 1.74. The number of methoxy groups -OCH3 is 1. The molecule has 1 heterocycles. The fourth-order valence-corrected chi connectivity index (χ4v) is 3.26. The lowest BCUT2D eigenvalue weighted by Gasteiger charge is -2.15. The van der Waals surface area contributed by atoms with Crippen molar-refractivity contribution in [3.8, 4) is 17.2 Å².